The molecule has 0 aliphatic rings. The van der Waals surface area contributed by atoms with Gasteiger partial charge in [0.25, 0.3) is 0 Å². The molecule has 4 heteroatoms. The van der Waals surface area contributed by atoms with E-state index in [9.17, 15) is 0 Å². The van der Waals surface area contributed by atoms with E-state index in [1.165, 1.54) is 24.1 Å². The van der Waals surface area contributed by atoms with Crippen molar-refractivity contribution in [3.63, 3.8) is 0 Å². The SMILES string of the molecule is CCCC(NCC)c1ccn(Cc2cc(C)nn2C)c1. The zero-order valence-electron chi connectivity index (χ0n) is 13.1. The Kier molecular flexibility index (Phi) is 5.01. The highest BCUT2D eigenvalue weighted by molar-refractivity contribution is 5.17. The molecule has 0 fully saturated rings. The summed E-state index contributed by atoms with van der Waals surface area (Å²) in [6.45, 7) is 8.32. The van der Waals surface area contributed by atoms with E-state index in [4.69, 9.17) is 0 Å². The number of hydrogen-bond acceptors (Lipinski definition) is 2. The molecule has 0 aliphatic heterocycles. The highest BCUT2D eigenvalue weighted by Crippen LogP contribution is 2.19. The van der Waals surface area contributed by atoms with Gasteiger partial charge in [0.1, 0.15) is 0 Å². The van der Waals surface area contributed by atoms with Gasteiger partial charge in [0, 0.05) is 25.5 Å². The van der Waals surface area contributed by atoms with Crippen LogP contribution in [0.4, 0.5) is 0 Å². The van der Waals surface area contributed by atoms with Crippen molar-refractivity contribution < 1.29 is 0 Å². The van der Waals surface area contributed by atoms with Crippen LogP contribution >= 0.6 is 0 Å². The quantitative estimate of drug-likeness (QED) is 0.842. The third-order valence-corrected chi connectivity index (χ3v) is 3.65. The minimum absolute atomic E-state index is 0.472. The summed E-state index contributed by atoms with van der Waals surface area (Å²) in [6, 6.07) is 4.85. The van der Waals surface area contributed by atoms with E-state index >= 15 is 0 Å². The molecule has 2 aromatic rings. The third kappa shape index (κ3) is 3.51. The van der Waals surface area contributed by atoms with E-state index in [1.54, 1.807) is 0 Å². The van der Waals surface area contributed by atoms with Gasteiger partial charge < -0.3 is 9.88 Å². The Labute approximate surface area is 121 Å². The second-order valence-corrected chi connectivity index (χ2v) is 5.42. The van der Waals surface area contributed by atoms with Crippen molar-refractivity contribution in [2.45, 2.75) is 46.2 Å². The largest absolute Gasteiger partial charge is 0.348 e. The first-order valence-electron chi connectivity index (χ1n) is 7.52. The Hall–Kier alpha value is -1.55. The molecule has 0 bridgehead atoms. The fourth-order valence-electron chi connectivity index (χ4n) is 2.68. The topological polar surface area (TPSA) is 34.8 Å². The molecule has 1 unspecified atom stereocenters. The van der Waals surface area contributed by atoms with Crippen LogP contribution in [-0.2, 0) is 13.6 Å². The first-order chi connectivity index (χ1) is 9.63. The summed E-state index contributed by atoms with van der Waals surface area (Å²) < 4.78 is 4.20. The van der Waals surface area contributed by atoms with Crippen LogP contribution < -0.4 is 5.32 Å². The predicted octanol–water partition coefficient (Wildman–Crippen LogP) is 3.03. The molecular weight excluding hydrogens is 248 g/mol. The highest BCUT2D eigenvalue weighted by atomic mass is 15.3. The van der Waals surface area contributed by atoms with E-state index in [0.29, 0.717) is 6.04 Å². The molecule has 0 amide bonds. The molecule has 1 atom stereocenters. The maximum Gasteiger partial charge on any atom is 0.0639 e. The minimum atomic E-state index is 0.472. The van der Waals surface area contributed by atoms with Crippen LogP contribution in [0.2, 0.25) is 0 Å². The van der Waals surface area contributed by atoms with Crippen molar-refractivity contribution in [3.05, 3.63) is 41.5 Å². The van der Waals surface area contributed by atoms with Crippen molar-refractivity contribution in [2.24, 2.45) is 7.05 Å². The third-order valence-electron chi connectivity index (χ3n) is 3.65. The maximum atomic E-state index is 4.40. The maximum absolute atomic E-state index is 4.40. The summed E-state index contributed by atoms with van der Waals surface area (Å²) in [5.74, 6) is 0. The number of aryl methyl sites for hydroxylation is 2. The molecule has 0 radical (unpaired) electrons. The zero-order valence-corrected chi connectivity index (χ0v) is 13.1. The molecule has 0 aliphatic carbocycles. The first-order valence-corrected chi connectivity index (χ1v) is 7.52. The molecule has 20 heavy (non-hydrogen) atoms. The van der Waals surface area contributed by atoms with Gasteiger partial charge in [-0.25, -0.2) is 0 Å². The average Bonchev–Trinajstić information content (AvgIpc) is 2.97. The number of nitrogens with zero attached hydrogens (tertiary/aromatic N) is 3. The van der Waals surface area contributed by atoms with Crippen LogP contribution in [0.15, 0.2) is 24.5 Å². The van der Waals surface area contributed by atoms with E-state index in [2.05, 4.69) is 53.4 Å². The second-order valence-electron chi connectivity index (χ2n) is 5.42. The normalized spacial score (nSPS) is 12.8. The summed E-state index contributed by atoms with van der Waals surface area (Å²) in [4.78, 5) is 0. The van der Waals surface area contributed by atoms with E-state index in [1.807, 2.05) is 18.7 Å². The molecule has 0 spiro atoms. The van der Waals surface area contributed by atoms with Gasteiger partial charge in [-0.15, -0.1) is 0 Å². The van der Waals surface area contributed by atoms with Gasteiger partial charge in [0.2, 0.25) is 0 Å². The summed E-state index contributed by atoms with van der Waals surface area (Å²) in [5, 5.41) is 7.96. The lowest BCUT2D eigenvalue weighted by atomic mass is 10.1. The number of nitrogens with one attached hydrogen (secondary N) is 1. The Morgan fingerprint density at radius 3 is 2.75 bits per heavy atom. The molecule has 110 valence electrons. The van der Waals surface area contributed by atoms with Gasteiger partial charge in [-0.2, -0.15) is 5.10 Å². The Morgan fingerprint density at radius 2 is 2.15 bits per heavy atom. The van der Waals surface area contributed by atoms with Crippen molar-refractivity contribution in [1.29, 1.82) is 0 Å². The summed E-state index contributed by atoms with van der Waals surface area (Å²) in [6.07, 6.45) is 6.80. The first kappa shape index (κ1) is 14.9. The van der Waals surface area contributed by atoms with Crippen LogP contribution in [0.1, 0.15) is 49.7 Å². The smallest absolute Gasteiger partial charge is 0.0639 e. The predicted molar refractivity (Wildman–Crippen MR) is 82.8 cm³/mol. The zero-order chi connectivity index (χ0) is 14.5. The second kappa shape index (κ2) is 6.75. The number of aromatic nitrogens is 3. The molecule has 0 saturated carbocycles. The van der Waals surface area contributed by atoms with Crippen molar-refractivity contribution in [3.8, 4) is 0 Å². The van der Waals surface area contributed by atoms with Gasteiger partial charge in [0.15, 0.2) is 0 Å². The monoisotopic (exact) mass is 274 g/mol. The summed E-state index contributed by atoms with van der Waals surface area (Å²) in [7, 11) is 2.01. The lowest BCUT2D eigenvalue weighted by molar-refractivity contribution is 0.508. The molecular formula is C16H26N4. The molecule has 0 saturated heterocycles. The average molecular weight is 274 g/mol. The van der Waals surface area contributed by atoms with E-state index < -0.39 is 0 Å². The van der Waals surface area contributed by atoms with E-state index in [0.717, 1.165) is 18.8 Å². The molecule has 2 heterocycles. The highest BCUT2D eigenvalue weighted by Gasteiger charge is 2.11. The van der Waals surface area contributed by atoms with Crippen LogP contribution in [0.25, 0.3) is 0 Å². The van der Waals surface area contributed by atoms with Gasteiger partial charge in [-0.3, -0.25) is 4.68 Å². The fourth-order valence-corrected chi connectivity index (χ4v) is 2.68. The van der Waals surface area contributed by atoms with E-state index in [-0.39, 0.29) is 0 Å². The molecule has 2 rings (SSSR count). The van der Waals surface area contributed by atoms with Crippen LogP contribution in [0.3, 0.4) is 0 Å². The van der Waals surface area contributed by atoms with Crippen LogP contribution in [0, 0.1) is 6.92 Å². The molecule has 0 aromatic carbocycles. The Morgan fingerprint density at radius 1 is 1.35 bits per heavy atom. The van der Waals surface area contributed by atoms with Gasteiger partial charge in [-0.05, 0) is 37.6 Å². The minimum Gasteiger partial charge on any atom is -0.348 e. The Bertz CT molecular complexity index is 532. The molecule has 2 aromatic heterocycles. The molecule has 1 N–H and O–H groups in total. The summed E-state index contributed by atoms with van der Waals surface area (Å²) >= 11 is 0. The number of hydrogen-bond donors (Lipinski definition) is 1. The van der Waals surface area contributed by atoms with Crippen LogP contribution in [0.5, 0.6) is 0 Å². The van der Waals surface area contributed by atoms with Gasteiger partial charge >= 0.3 is 0 Å². The summed E-state index contributed by atoms with van der Waals surface area (Å²) in [5.41, 5.74) is 3.69. The van der Waals surface area contributed by atoms with Crippen molar-refractivity contribution in [2.75, 3.05) is 6.54 Å². The van der Waals surface area contributed by atoms with Crippen molar-refractivity contribution >= 4 is 0 Å². The van der Waals surface area contributed by atoms with Crippen molar-refractivity contribution in [1.82, 2.24) is 19.7 Å². The standard InChI is InChI=1S/C16H26N4/c1-5-7-16(17-6-2)14-8-9-20(11-14)12-15-10-13(3)18-19(15)4/h8-11,16-17H,5-7,12H2,1-4H3. The Balaban J connectivity index is 2.09. The number of rotatable bonds is 7. The lowest BCUT2D eigenvalue weighted by Gasteiger charge is -2.15. The van der Waals surface area contributed by atoms with Gasteiger partial charge in [0.05, 0.1) is 17.9 Å². The fraction of sp³-hybridized carbons (Fsp3) is 0.562. The molecule has 4 nitrogen and oxygen atoms in total. The van der Waals surface area contributed by atoms with Crippen LogP contribution in [-0.4, -0.2) is 20.9 Å². The van der Waals surface area contributed by atoms with Gasteiger partial charge in [-0.1, -0.05) is 20.3 Å². The lowest BCUT2D eigenvalue weighted by Crippen LogP contribution is -2.20.